The van der Waals surface area contributed by atoms with E-state index in [0.29, 0.717) is 12.3 Å². The number of hydrogen-bond acceptors (Lipinski definition) is 5. The van der Waals surface area contributed by atoms with E-state index in [1.54, 1.807) is 30.5 Å². The van der Waals surface area contributed by atoms with E-state index < -0.39 is 6.04 Å². The molecule has 1 unspecified atom stereocenters. The first kappa shape index (κ1) is 25.8. The van der Waals surface area contributed by atoms with Gasteiger partial charge in [-0.2, -0.15) is 0 Å². The van der Waals surface area contributed by atoms with Crippen LogP contribution >= 0.6 is 11.3 Å². The Hall–Kier alpha value is -3.32. The van der Waals surface area contributed by atoms with Crippen LogP contribution in [0.3, 0.4) is 0 Å². The summed E-state index contributed by atoms with van der Waals surface area (Å²) < 4.78 is 10.8. The molecule has 4 rings (SSSR count). The zero-order chi connectivity index (χ0) is 25.3. The van der Waals surface area contributed by atoms with Gasteiger partial charge in [-0.05, 0) is 59.7 Å². The molecule has 1 aliphatic carbocycles. The molecule has 1 fully saturated rings. The number of nitrogens with zero attached hydrogens (tertiary/aromatic N) is 1. The van der Waals surface area contributed by atoms with Gasteiger partial charge in [0, 0.05) is 17.5 Å². The first-order valence-electron chi connectivity index (χ1n) is 12.5. The van der Waals surface area contributed by atoms with E-state index in [-0.39, 0.29) is 24.3 Å². The quantitative estimate of drug-likeness (QED) is 0.393. The predicted octanol–water partition coefficient (Wildman–Crippen LogP) is 5.53. The molecule has 0 saturated heterocycles. The van der Waals surface area contributed by atoms with Crippen LogP contribution in [-0.4, -0.2) is 37.0 Å². The number of amides is 2. The Morgan fingerprint density at radius 1 is 0.972 bits per heavy atom. The summed E-state index contributed by atoms with van der Waals surface area (Å²) in [7, 11) is 3.23. The van der Waals surface area contributed by atoms with Gasteiger partial charge in [0.15, 0.2) is 0 Å². The van der Waals surface area contributed by atoms with Crippen molar-refractivity contribution in [1.82, 2.24) is 10.2 Å². The Balaban J connectivity index is 1.70. The smallest absolute Gasteiger partial charge is 0.247 e. The van der Waals surface area contributed by atoms with Crippen molar-refractivity contribution in [3.63, 3.8) is 0 Å². The molecule has 0 radical (unpaired) electrons. The number of hydrogen-bond donors (Lipinski definition) is 1. The van der Waals surface area contributed by atoms with Crippen LogP contribution in [-0.2, 0) is 22.6 Å². The summed E-state index contributed by atoms with van der Waals surface area (Å²) in [5, 5.41) is 5.23. The van der Waals surface area contributed by atoms with Crippen LogP contribution in [0.4, 0.5) is 0 Å². The highest BCUT2D eigenvalue weighted by Gasteiger charge is 2.33. The van der Waals surface area contributed by atoms with Crippen molar-refractivity contribution in [2.24, 2.45) is 0 Å². The maximum Gasteiger partial charge on any atom is 0.247 e. The molecule has 2 aromatic carbocycles. The van der Waals surface area contributed by atoms with E-state index in [2.05, 4.69) is 5.32 Å². The zero-order valence-electron chi connectivity index (χ0n) is 20.9. The summed E-state index contributed by atoms with van der Waals surface area (Å²) >= 11 is 1.55. The first-order valence-corrected chi connectivity index (χ1v) is 13.3. The van der Waals surface area contributed by atoms with E-state index in [9.17, 15) is 9.59 Å². The fraction of sp³-hybridized carbons (Fsp3) is 0.379. The number of carbonyl (C=O) groups is 2. The molecule has 1 N–H and O–H groups in total. The third-order valence-corrected chi connectivity index (χ3v) is 7.54. The second-order valence-corrected chi connectivity index (χ2v) is 10.2. The lowest BCUT2D eigenvalue weighted by molar-refractivity contribution is -0.141. The molecular weight excluding hydrogens is 472 g/mol. The van der Waals surface area contributed by atoms with Gasteiger partial charge in [0.2, 0.25) is 11.8 Å². The molecule has 36 heavy (non-hydrogen) atoms. The molecule has 3 aromatic rings. The minimum atomic E-state index is -0.781. The molecule has 1 aliphatic rings. The van der Waals surface area contributed by atoms with Crippen LogP contribution in [0.5, 0.6) is 11.5 Å². The fourth-order valence-electron chi connectivity index (χ4n) is 4.73. The van der Waals surface area contributed by atoms with Gasteiger partial charge in [0.1, 0.15) is 17.5 Å². The van der Waals surface area contributed by atoms with Crippen LogP contribution in [0, 0.1) is 0 Å². The van der Waals surface area contributed by atoms with E-state index in [1.807, 2.05) is 66.0 Å². The van der Waals surface area contributed by atoms with Crippen LogP contribution in [0.25, 0.3) is 0 Å². The van der Waals surface area contributed by atoms with E-state index in [4.69, 9.17) is 9.47 Å². The van der Waals surface area contributed by atoms with Gasteiger partial charge in [0.05, 0.1) is 20.6 Å². The van der Waals surface area contributed by atoms with Crippen LogP contribution in [0.2, 0.25) is 0 Å². The van der Waals surface area contributed by atoms with Gasteiger partial charge in [-0.1, -0.05) is 49.6 Å². The van der Waals surface area contributed by atoms with Crippen molar-refractivity contribution in [2.45, 2.75) is 57.2 Å². The second-order valence-electron chi connectivity index (χ2n) is 9.15. The van der Waals surface area contributed by atoms with Gasteiger partial charge in [-0.3, -0.25) is 9.59 Å². The lowest BCUT2D eigenvalue weighted by Gasteiger charge is -2.33. The van der Waals surface area contributed by atoms with Crippen molar-refractivity contribution in [3.05, 3.63) is 82.0 Å². The monoisotopic (exact) mass is 506 g/mol. The number of carbonyl (C=O) groups excluding carboxylic acids is 2. The first-order chi connectivity index (χ1) is 17.6. The molecule has 0 bridgehead atoms. The Morgan fingerprint density at radius 2 is 1.72 bits per heavy atom. The topological polar surface area (TPSA) is 67.9 Å². The lowest BCUT2D eigenvalue weighted by atomic mass is 9.94. The maximum atomic E-state index is 13.9. The molecule has 6 nitrogen and oxygen atoms in total. The summed E-state index contributed by atoms with van der Waals surface area (Å²) in [4.78, 5) is 30.4. The molecule has 7 heteroatoms. The Kier molecular flexibility index (Phi) is 9.01. The Morgan fingerprint density at radius 3 is 2.39 bits per heavy atom. The van der Waals surface area contributed by atoms with Gasteiger partial charge in [-0.25, -0.2) is 0 Å². The average molecular weight is 507 g/mol. The third kappa shape index (κ3) is 6.66. The summed E-state index contributed by atoms with van der Waals surface area (Å²) in [6.45, 7) is 0.300. The number of ether oxygens (including phenoxy) is 2. The molecule has 1 saturated carbocycles. The zero-order valence-corrected chi connectivity index (χ0v) is 21.8. The normalized spacial score (nSPS) is 14.6. The van der Waals surface area contributed by atoms with Gasteiger partial charge in [0.25, 0.3) is 0 Å². The summed E-state index contributed by atoms with van der Waals surface area (Å²) in [5.41, 5.74) is 1.66. The third-order valence-electron chi connectivity index (χ3n) is 6.66. The summed E-state index contributed by atoms with van der Waals surface area (Å²) in [6.07, 6.45) is 5.61. The molecule has 2 amide bonds. The van der Waals surface area contributed by atoms with Gasteiger partial charge >= 0.3 is 0 Å². The van der Waals surface area contributed by atoms with E-state index in [1.165, 1.54) is 6.42 Å². The number of thiophene rings is 1. The second kappa shape index (κ2) is 12.6. The predicted molar refractivity (Wildman–Crippen MR) is 142 cm³/mol. The molecular formula is C29H34N2O4S. The van der Waals surface area contributed by atoms with Crippen LogP contribution < -0.4 is 14.8 Å². The number of nitrogens with one attached hydrogen (secondary N) is 1. The largest absolute Gasteiger partial charge is 0.497 e. The van der Waals surface area contributed by atoms with Crippen molar-refractivity contribution in [2.75, 3.05) is 14.2 Å². The van der Waals surface area contributed by atoms with Crippen molar-refractivity contribution in [1.29, 1.82) is 0 Å². The molecule has 0 spiro atoms. The highest BCUT2D eigenvalue weighted by atomic mass is 32.1. The SMILES string of the molecule is COc1ccc(CN(C(=O)Cc2cccs2)C(C(=O)NC2CCCCC2)c2cccc(OC)c2)cc1. The van der Waals surface area contributed by atoms with Crippen molar-refractivity contribution in [3.8, 4) is 11.5 Å². The average Bonchev–Trinajstić information content (AvgIpc) is 3.42. The lowest BCUT2D eigenvalue weighted by Crippen LogP contribution is -2.47. The molecule has 190 valence electrons. The minimum Gasteiger partial charge on any atom is -0.497 e. The number of rotatable bonds is 10. The van der Waals surface area contributed by atoms with Crippen LogP contribution in [0.1, 0.15) is 54.1 Å². The van der Waals surface area contributed by atoms with Gasteiger partial charge in [-0.15, -0.1) is 11.3 Å². The fourth-order valence-corrected chi connectivity index (χ4v) is 5.42. The summed E-state index contributed by atoms with van der Waals surface area (Å²) in [5.74, 6) is 1.15. The summed E-state index contributed by atoms with van der Waals surface area (Å²) in [6, 6.07) is 18.3. The van der Waals surface area contributed by atoms with E-state index in [0.717, 1.165) is 47.4 Å². The molecule has 0 aliphatic heterocycles. The minimum absolute atomic E-state index is 0.0973. The van der Waals surface area contributed by atoms with Gasteiger partial charge < -0.3 is 19.7 Å². The Labute approximate surface area is 217 Å². The standard InChI is InChI=1S/C29H34N2O4S/c1-34-24-15-13-21(14-16-24)20-31(27(32)19-26-12-7-17-36-26)28(22-8-6-11-25(18-22)35-2)29(33)30-23-9-4-3-5-10-23/h6-8,11-18,23,28H,3-5,9-10,19-20H2,1-2H3,(H,30,33). The highest BCUT2D eigenvalue weighted by molar-refractivity contribution is 7.10. The maximum absolute atomic E-state index is 13.9. The molecule has 1 atom stereocenters. The van der Waals surface area contributed by atoms with E-state index >= 15 is 0 Å². The Bertz CT molecular complexity index is 1120. The number of benzene rings is 2. The molecule has 1 heterocycles. The number of methoxy groups -OCH3 is 2. The highest BCUT2D eigenvalue weighted by Crippen LogP contribution is 2.29. The van der Waals surface area contributed by atoms with Crippen molar-refractivity contribution >= 4 is 23.2 Å². The van der Waals surface area contributed by atoms with Crippen molar-refractivity contribution < 1.29 is 19.1 Å². The molecule has 1 aromatic heterocycles. The van der Waals surface area contributed by atoms with Crippen LogP contribution in [0.15, 0.2) is 66.0 Å².